The molecule has 0 fully saturated rings. The van der Waals surface area contributed by atoms with Crippen LogP contribution in [0.2, 0.25) is 0 Å². The van der Waals surface area contributed by atoms with Gasteiger partial charge in [0, 0.05) is 10.7 Å². The van der Waals surface area contributed by atoms with Crippen LogP contribution in [-0.2, 0) is 9.24 Å². The Morgan fingerprint density at radius 1 is 1.42 bits per heavy atom. The standard InChI is InChI=1S/C3H4ClF4NO2S/c4-12(10,11)9-1-3(7,8)2(5)6/h2,9H,1H2. The van der Waals surface area contributed by atoms with Gasteiger partial charge in [-0.25, -0.2) is 8.78 Å². The summed E-state index contributed by atoms with van der Waals surface area (Å²) in [6.07, 6.45) is -3.93. The van der Waals surface area contributed by atoms with Gasteiger partial charge in [0.15, 0.2) is 0 Å². The van der Waals surface area contributed by atoms with Crippen molar-refractivity contribution in [1.29, 1.82) is 0 Å². The van der Waals surface area contributed by atoms with Crippen LogP contribution in [0.3, 0.4) is 0 Å². The third-order valence-corrected chi connectivity index (χ3v) is 1.62. The van der Waals surface area contributed by atoms with Crippen LogP contribution in [-0.4, -0.2) is 27.3 Å². The van der Waals surface area contributed by atoms with Crippen LogP contribution in [0.1, 0.15) is 0 Å². The van der Waals surface area contributed by atoms with Gasteiger partial charge in [0.05, 0.1) is 6.54 Å². The van der Waals surface area contributed by atoms with Gasteiger partial charge < -0.3 is 0 Å². The van der Waals surface area contributed by atoms with E-state index in [-0.39, 0.29) is 0 Å². The van der Waals surface area contributed by atoms with Gasteiger partial charge in [-0.2, -0.15) is 21.9 Å². The largest absolute Gasteiger partial charge is 0.320 e. The second-order valence-electron chi connectivity index (χ2n) is 1.82. The van der Waals surface area contributed by atoms with Crippen molar-refractivity contribution in [1.82, 2.24) is 4.72 Å². The Bertz CT molecular complexity index is 241. The molecule has 0 saturated carbocycles. The lowest BCUT2D eigenvalue weighted by atomic mass is 10.4. The average molecular weight is 230 g/mol. The van der Waals surface area contributed by atoms with E-state index in [2.05, 4.69) is 10.7 Å². The number of rotatable bonds is 4. The Morgan fingerprint density at radius 2 is 1.83 bits per heavy atom. The summed E-state index contributed by atoms with van der Waals surface area (Å²) in [5.41, 5.74) is 0. The number of alkyl halides is 4. The van der Waals surface area contributed by atoms with Crippen LogP contribution < -0.4 is 4.72 Å². The minimum Gasteiger partial charge on any atom is -0.204 e. The molecule has 1 N–H and O–H groups in total. The second-order valence-corrected chi connectivity index (χ2v) is 4.20. The van der Waals surface area contributed by atoms with Crippen LogP contribution in [0.4, 0.5) is 17.6 Å². The number of halogens is 5. The number of hydrogen-bond acceptors (Lipinski definition) is 2. The third kappa shape index (κ3) is 4.73. The minimum atomic E-state index is -4.40. The van der Waals surface area contributed by atoms with E-state index in [0.29, 0.717) is 0 Å². The molecule has 0 aliphatic heterocycles. The van der Waals surface area contributed by atoms with Gasteiger partial charge in [-0.15, -0.1) is 0 Å². The summed E-state index contributed by atoms with van der Waals surface area (Å²) in [6.45, 7) is -1.71. The summed E-state index contributed by atoms with van der Waals surface area (Å²) in [6, 6.07) is 0. The molecular formula is C3H4ClF4NO2S. The highest BCUT2D eigenvalue weighted by Crippen LogP contribution is 2.21. The normalized spacial score (nSPS) is 13.8. The first-order chi connectivity index (χ1) is 5.15. The summed E-state index contributed by atoms with van der Waals surface area (Å²) in [5, 5.41) is 0. The Labute approximate surface area is 70.2 Å². The van der Waals surface area contributed by atoms with Crippen molar-refractivity contribution in [3.8, 4) is 0 Å². The minimum absolute atomic E-state index is 1.05. The van der Waals surface area contributed by atoms with Gasteiger partial charge in [0.25, 0.3) is 9.24 Å². The maximum atomic E-state index is 11.9. The molecule has 0 aromatic heterocycles. The van der Waals surface area contributed by atoms with Gasteiger partial charge in [0.1, 0.15) is 0 Å². The molecule has 0 aliphatic carbocycles. The van der Waals surface area contributed by atoms with Gasteiger partial charge in [-0.3, -0.25) is 0 Å². The first-order valence-electron chi connectivity index (χ1n) is 2.50. The van der Waals surface area contributed by atoms with E-state index in [9.17, 15) is 26.0 Å². The van der Waals surface area contributed by atoms with Crippen molar-refractivity contribution in [2.24, 2.45) is 0 Å². The summed E-state index contributed by atoms with van der Waals surface area (Å²) in [5.74, 6) is -4.40. The molecule has 0 spiro atoms. The fraction of sp³-hybridized carbons (Fsp3) is 1.00. The highest BCUT2D eigenvalue weighted by atomic mass is 35.7. The fourth-order valence-electron chi connectivity index (χ4n) is 0.260. The maximum absolute atomic E-state index is 11.9. The monoisotopic (exact) mass is 229 g/mol. The topological polar surface area (TPSA) is 46.2 Å². The molecule has 0 aliphatic rings. The van der Waals surface area contributed by atoms with E-state index < -0.39 is 28.1 Å². The molecule has 0 rings (SSSR count). The van der Waals surface area contributed by atoms with Crippen LogP contribution in [0.5, 0.6) is 0 Å². The predicted octanol–water partition coefficient (Wildman–Crippen LogP) is 0.960. The SMILES string of the molecule is O=S(=O)(Cl)NCC(F)(F)C(F)F. The molecule has 9 heteroatoms. The third-order valence-electron chi connectivity index (χ3n) is 0.800. The first-order valence-corrected chi connectivity index (χ1v) is 4.81. The fourth-order valence-corrected chi connectivity index (χ4v) is 0.788. The average Bonchev–Trinajstić information content (AvgIpc) is 1.82. The highest BCUT2D eigenvalue weighted by Gasteiger charge is 2.41. The van der Waals surface area contributed by atoms with E-state index in [1.54, 1.807) is 0 Å². The molecule has 12 heavy (non-hydrogen) atoms. The molecule has 0 atom stereocenters. The maximum Gasteiger partial charge on any atom is 0.320 e. The van der Waals surface area contributed by atoms with E-state index in [4.69, 9.17) is 0 Å². The Morgan fingerprint density at radius 3 is 2.08 bits per heavy atom. The smallest absolute Gasteiger partial charge is 0.204 e. The zero-order valence-electron chi connectivity index (χ0n) is 5.40. The van der Waals surface area contributed by atoms with Crippen molar-refractivity contribution in [3.05, 3.63) is 0 Å². The van der Waals surface area contributed by atoms with Crippen molar-refractivity contribution in [2.75, 3.05) is 6.54 Å². The Kier molecular flexibility index (Phi) is 3.73. The highest BCUT2D eigenvalue weighted by molar-refractivity contribution is 8.12. The Balaban J connectivity index is 4.10. The molecular weight excluding hydrogens is 226 g/mol. The summed E-state index contributed by atoms with van der Waals surface area (Å²) in [4.78, 5) is 0. The van der Waals surface area contributed by atoms with E-state index in [1.165, 1.54) is 0 Å². The summed E-state index contributed by atoms with van der Waals surface area (Å²) in [7, 11) is 0.0448. The lowest BCUT2D eigenvalue weighted by Crippen LogP contribution is -2.39. The second kappa shape index (κ2) is 3.75. The molecule has 0 unspecified atom stereocenters. The number of nitrogens with one attached hydrogen (secondary N) is 1. The van der Waals surface area contributed by atoms with Crippen LogP contribution in [0.25, 0.3) is 0 Å². The zero-order chi connectivity index (χ0) is 9.99. The van der Waals surface area contributed by atoms with Gasteiger partial charge >= 0.3 is 12.3 Å². The first kappa shape index (κ1) is 11.9. The lowest BCUT2D eigenvalue weighted by molar-refractivity contribution is -0.122. The molecule has 0 bridgehead atoms. The molecule has 0 aromatic rings. The molecule has 0 saturated heterocycles. The van der Waals surface area contributed by atoms with Crippen LogP contribution in [0, 0.1) is 0 Å². The van der Waals surface area contributed by atoms with E-state index in [0.717, 1.165) is 4.72 Å². The zero-order valence-corrected chi connectivity index (χ0v) is 6.97. The lowest BCUT2D eigenvalue weighted by Gasteiger charge is -2.13. The molecule has 74 valence electrons. The quantitative estimate of drug-likeness (QED) is 0.577. The van der Waals surface area contributed by atoms with Crippen molar-refractivity contribution >= 4 is 19.9 Å². The van der Waals surface area contributed by atoms with E-state index >= 15 is 0 Å². The van der Waals surface area contributed by atoms with Crippen molar-refractivity contribution < 1.29 is 26.0 Å². The van der Waals surface area contributed by atoms with Crippen LogP contribution in [0.15, 0.2) is 0 Å². The van der Waals surface area contributed by atoms with Gasteiger partial charge in [-0.1, -0.05) is 0 Å². The Hall–Kier alpha value is -0.0800. The number of hydrogen-bond donors (Lipinski definition) is 1. The molecule has 0 heterocycles. The summed E-state index contributed by atoms with van der Waals surface area (Å²) >= 11 is 0. The molecule has 0 aromatic carbocycles. The summed E-state index contributed by atoms with van der Waals surface area (Å²) < 4.78 is 67.6. The van der Waals surface area contributed by atoms with Gasteiger partial charge in [-0.05, 0) is 0 Å². The molecule has 3 nitrogen and oxygen atoms in total. The predicted molar refractivity (Wildman–Crippen MR) is 33.7 cm³/mol. The van der Waals surface area contributed by atoms with Crippen LogP contribution >= 0.6 is 10.7 Å². The van der Waals surface area contributed by atoms with E-state index in [1.807, 2.05) is 0 Å². The van der Waals surface area contributed by atoms with Crippen molar-refractivity contribution in [3.63, 3.8) is 0 Å². The van der Waals surface area contributed by atoms with Gasteiger partial charge in [0.2, 0.25) is 0 Å². The van der Waals surface area contributed by atoms with Crippen molar-refractivity contribution in [2.45, 2.75) is 12.3 Å². The molecule has 0 amide bonds. The molecule has 0 radical (unpaired) electrons.